The summed E-state index contributed by atoms with van der Waals surface area (Å²) < 4.78 is 18.9. The van der Waals surface area contributed by atoms with Gasteiger partial charge in [-0.3, -0.25) is 0 Å². The summed E-state index contributed by atoms with van der Waals surface area (Å²) >= 11 is 14.1. The van der Waals surface area contributed by atoms with E-state index in [0.29, 0.717) is 0 Å². The molecule has 0 fully saturated rings. The molecule has 0 atom stereocenters. The lowest BCUT2D eigenvalue weighted by Crippen LogP contribution is -1.60. The molecule has 0 radical (unpaired) electrons. The largest absolute Gasteiger partial charge is 0.268 e. The molecule has 0 aromatic heterocycles. The van der Waals surface area contributed by atoms with Gasteiger partial charge in [-0.1, -0.05) is 0 Å². The van der Waals surface area contributed by atoms with Crippen LogP contribution in [-0.4, -0.2) is 13.8 Å². The van der Waals surface area contributed by atoms with Crippen molar-refractivity contribution in [2.24, 2.45) is 0 Å². The van der Waals surface area contributed by atoms with Crippen LogP contribution >= 0.6 is 52.8 Å². The monoisotopic (exact) mass is 306 g/mol. The van der Waals surface area contributed by atoms with E-state index in [1.54, 1.807) is 0 Å². The van der Waals surface area contributed by atoms with Crippen LogP contribution < -0.4 is 0 Å². The van der Waals surface area contributed by atoms with E-state index in [9.17, 15) is 8.42 Å². The van der Waals surface area contributed by atoms with Gasteiger partial charge < -0.3 is 0 Å². The summed E-state index contributed by atoms with van der Waals surface area (Å²) in [6, 6.07) is 0. The van der Waals surface area contributed by atoms with E-state index in [0.717, 1.165) is 0 Å². The first-order valence-electron chi connectivity index (χ1n) is 1.18. The second-order valence-corrected chi connectivity index (χ2v) is 9.77. The molecule has 0 N–H and O–H groups in total. The maximum Gasteiger partial charge on any atom is 0.268 e. The first kappa shape index (κ1) is 12.2. The lowest BCUT2D eigenvalue weighted by molar-refractivity contribution is 0.625. The molecular formula is CH2Br2Cl2O2S. The SMILES string of the molecule is ClCCl.O=S(=O)(Br)Br. The van der Waals surface area contributed by atoms with E-state index in [1.807, 2.05) is 0 Å². The van der Waals surface area contributed by atoms with Crippen LogP contribution in [0, 0.1) is 0 Å². The first-order chi connectivity index (χ1) is 3.41. The predicted octanol–water partition coefficient (Wildman–Crippen LogP) is 2.44. The Kier molecular flexibility index (Phi) is 10.1. The highest BCUT2D eigenvalue weighted by molar-refractivity contribution is 9.79. The molecule has 0 aliphatic rings. The van der Waals surface area contributed by atoms with Gasteiger partial charge in [0.15, 0.2) is 0 Å². The molecule has 2 nitrogen and oxygen atoms in total. The maximum atomic E-state index is 9.47. The fourth-order valence-corrected chi connectivity index (χ4v) is 0. The summed E-state index contributed by atoms with van der Waals surface area (Å²) in [4.78, 5) is 0. The van der Waals surface area contributed by atoms with Gasteiger partial charge in [-0.05, 0) is 0 Å². The molecule has 0 saturated heterocycles. The summed E-state index contributed by atoms with van der Waals surface area (Å²) in [5.74, 6) is 0. The van der Waals surface area contributed by atoms with Crippen LogP contribution in [0.4, 0.5) is 0 Å². The van der Waals surface area contributed by atoms with Gasteiger partial charge in [0, 0.05) is 0 Å². The zero-order valence-electron chi connectivity index (χ0n) is 3.44. The van der Waals surface area contributed by atoms with E-state index < -0.39 is 6.70 Å². The van der Waals surface area contributed by atoms with Gasteiger partial charge in [0.25, 0.3) is 6.70 Å². The normalized spacial score (nSPS) is 9.50. The lowest BCUT2D eigenvalue weighted by atomic mass is 11.9. The highest BCUT2D eigenvalue weighted by Gasteiger charge is 1.87. The van der Waals surface area contributed by atoms with Crippen LogP contribution in [0.1, 0.15) is 0 Å². The predicted molar refractivity (Wildman–Crippen MR) is 43.3 cm³/mol. The molecule has 0 unspecified atom stereocenters. The highest BCUT2D eigenvalue weighted by Crippen LogP contribution is 2.06. The Labute approximate surface area is 72.9 Å². The van der Waals surface area contributed by atoms with Crippen molar-refractivity contribution in [1.82, 2.24) is 0 Å². The van der Waals surface area contributed by atoms with Gasteiger partial charge >= 0.3 is 0 Å². The molecule has 0 saturated carbocycles. The van der Waals surface area contributed by atoms with Crippen molar-refractivity contribution in [1.29, 1.82) is 0 Å². The lowest BCUT2D eigenvalue weighted by Gasteiger charge is -1.62. The van der Waals surface area contributed by atoms with Crippen molar-refractivity contribution in [2.45, 2.75) is 0 Å². The quantitative estimate of drug-likeness (QED) is 0.509. The summed E-state index contributed by atoms with van der Waals surface area (Å²) in [7, 11) is 0. The minimum Gasteiger partial charge on any atom is -0.205 e. The Morgan fingerprint density at radius 1 is 1.25 bits per heavy atom. The van der Waals surface area contributed by atoms with Crippen LogP contribution in [0.2, 0.25) is 0 Å². The van der Waals surface area contributed by atoms with Gasteiger partial charge in [0.2, 0.25) is 0 Å². The van der Waals surface area contributed by atoms with Crippen LogP contribution in [0.5, 0.6) is 0 Å². The Bertz CT molecular complexity index is 112. The van der Waals surface area contributed by atoms with Gasteiger partial charge in [0.1, 0.15) is 0 Å². The molecule has 0 rings (SSSR count). The molecule has 0 spiro atoms. The van der Waals surface area contributed by atoms with Crippen LogP contribution in [0.25, 0.3) is 0 Å². The zero-order chi connectivity index (χ0) is 7.21. The molecule has 0 heterocycles. The van der Waals surface area contributed by atoms with Crippen LogP contribution in [-0.2, 0) is 6.70 Å². The number of rotatable bonds is 0. The summed E-state index contributed by atoms with van der Waals surface area (Å²) in [6.45, 7) is -3.04. The smallest absolute Gasteiger partial charge is 0.205 e. The van der Waals surface area contributed by atoms with E-state index in [-0.39, 0.29) is 5.34 Å². The van der Waals surface area contributed by atoms with Gasteiger partial charge in [-0.15, -0.1) is 23.2 Å². The average Bonchev–Trinajstić information content (AvgIpc) is 1.27. The summed E-state index contributed by atoms with van der Waals surface area (Å²) in [6.07, 6.45) is 0. The Morgan fingerprint density at radius 2 is 1.25 bits per heavy atom. The van der Waals surface area contributed by atoms with E-state index in [4.69, 9.17) is 23.2 Å². The van der Waals surface area contributed by atoms with Crippen molar-refractivity contribution >= 4 is 59.5 Å². The summed E-state index contributed by atoms with van der Waals surface area (Å²) in [5, 5.41) is 0.194. The van der Waals surface area contributed by atoms with Crippen LogP contribution in [0.15, 0.2) is 0 Å². The molecule has 0 aromatic rings. The van der Waals surface area contributed by atoms with Crippen molar-refractivity contribution in [3.8, 4) is 0 Å². The molecule has 0 aliphatic heterocycles. The van der Waals surface area contributed by atoms with Gasteiger partial charge in [-0.2, -0.15) is 0 Å². The average molecular weight is 309 g/mol. The third kappa shape index (κ3) is 142. The van der Waals surface area contributed by atoms with Crippen molar-refractivity contribution in [3.63, 3.8) is 0 Å². The molecule has 8 heavy (non-hydrogen) atoms. The van der Waals surface area contributed by atoms with Crippen molar-refractivity contribution < 1.29 is 8.42 Å². The van der Waals surface area contributed by atoms with Crippen molar-refractivity contribution in [3.05, 3.63) is 0 Å². The van der Waals surface area contributed by atoms with Crippen molar-refractivity contribution in [2.75, 3.05) is 5.34 Å². The van der Waals surface area contributed by atoms with Crippen LogP contribution in [0.3, 0.4) is 0 Å². The first-order valence-corrected chi connectivity index (χ1v) is 7.41. The Hall–Kier alpha value is 1.49. The number of alkyl halides is 2. The second kappa shape index (κ2) is 6.61. The van der Waals surface area contributed by atoms with E-state index >= 15 is 0 Å². The maximum absolute atomic E-state index is 9.47. The van der Waals surface area contributed by atoms with Gasteiger partial charge in [-0.25, -0.2) is 8.42 Å². The minimum absolute atomic E-state index is 0.194. The zero-order valence-corrected chi connectivity index (χ0v) is 8.94. The third-order valence-electron chi connectivity index (χ3n) is 0. The number of hydrogen-bond donors (Lipinski definition) is 0. The topological polar surface area (TPSA) is 34.1 Å². The number of halogens is 4. The molecule has 0 bridgehead atoms. The number of hydrogen-bond acceptors (Lipinski definition) is 2. The molecule has 7 heteroatoms. The fraction of sp³-hybridized carbons (Fsp3) is 1.00. The molecule has 0 amide bonds. The van der Waals surface area contributed by atoms with E-state index in [1.165, 1.54) is 0 Å². The molecular weight excluding hydrogens is 307 g/mol. The van der Waals surface area contributed by atoms with Gasteiger partial charge in [0.05, 0.1) is 35.0 Å². The molecule has 52 valence electrons. The Morgan fingerprint density at radius 3 is 1.25 bits per heavy atom. The standard InChI is InChI=1S/CH2Cl2.Br2O2S/c2-1-3;1-5(2,3)4/h1H2;. The molecule has 0 aromatic carbocycles. The molecule has 0 aliphatic carbocycles. The second-order valence-electron chi connectivity index (χ2n) is 0.479. The minimum atomic E-state index is -3.04. The fourth-order valence-electron chi connectivity index (χ4n) is 0. The third-order valence-corrected chi connectivity index (χ3v) is 0. The highest BCUT2D eigenvalue weighted by atomic mass is 79.9. The Balaban J connectivity index is 0. The summed E-state index contributed by atoms with van der Waals surface area (Å²) in [5.41, 5.74) is 0. The van der Waals surface area contributed by atoms with E-state index in [2.05, 4.69) is 29.6 Å².